The van der Waals surface area contributed by atoms with Crippen molar-refractivity contribution >= 4 is 28.3 Å². The molecule has 6 rings (SSSR count). The number of halogens is 3. The number of aromatic nitrogens is 2. The molecule has 0 saturated carbocycles. The average Bonchev–Trinajstić information content (AvgIpc) is 3.48. The Hall–Kier alpha value is -5.52. The van der Waals surface area contributed by atoms with Crippen LogP contribution in [0.25, 0.3) is 16.5 Å². The highest BCUT2D eigenvalue weighted by molar-refractivity contribution is 6.16. The van der Waals surface area contributed by atoms with Crippen LogP contribution in [0.1, 0.15) is 37.5 Å². The number of carboxylic acids is 1. The maximum Gasteiger partial charge on any atom is 0.434 e. The third-order valence-corrected chi connectivity index (χ3v) is 7.51. The third-order valence-electron chi connectivity index (χ3n) is 7.51. The van der Waals surface area contributed by atoms with Gasteiger partial charge in [-0.2, -0.15) is 18.3 Å². The van der Waals surface area contributed by atoms with Crippen LogP contribution >= 0.6 is 0 Å². The van der Waals surface area contributed by atoms with E-state index in [2.05, 4.69) is 5.10 Å². The minimum absolute atomic E-state index is 0.00812. The summed E-state index contributed by atoms with van der Waals surface area (Å²) < 4.78 is 53.5. The molecule has 9 nitrogen and oxygen atoms in total. The molecular formula is C32H25F3N4O5. The Kier molecular flexibility index (Phi) is 7.12. The number of alkyl halides is 3. The van der Waals surface area contributed by atoms with Crippen LogP contribution in [0.2, 0.25) is 0 Å². The van der Waals surface area contributed by atoms with E-state index in [0.717, 1.165) is 11.1 Å². The topological polar surface area (TPSA) is 97.1 Å². The number of aromatic carboxylic acids is 1. The number of amides is 1. The number of hydrazine groups is 1. The molecule has 44 heavy (non-hydrogen) atoms. The number of hydrogen-bond donors (Lipinski definition) is 1. The third kappa shape index (κ3) is 4.93. The van der Waals surface area contributed by atoms with Crippen molar-refractivity contribution in [1.82, 2.24) is 14.8 Å². The molecule has 0 radical (unpaired) electrons. The highest BCUT2D eigenvalue weighted by Crippen LogP contribution is 2.42. The fourth-order valence-electron chi connectivity index (χ4n) is 5.43. The first-order valence-electron chi connectivity index (χ1n) is 13.4. The number of methoxy groups -OCH3 is 2. The Bertz CT molecular complexity index is 1890. The second kappa shape index (κ2) is 11.0. The number of carbonyl (C=O) groups is 2. The monoisotopic (exact) mass is 602 g/mol. The summed E-state index contributed by atoms with van der Waals surface area (Å²) in [6, 6.07) is 22.5. The molecule has 224 valence electrons. The second-order valence-electron chi connectivity index (χ2n) is 10.1. The summed E-state index contributed by atoms with van der Waals surface area (Å²) >= 11 is 0. The fourth-order valence-corrected chi connectivity index (χ4v) is 5.43. The number of hydrogen-bond acceptors (Lipinski definition) is 6. The quantitative estimate of drug-likeness (QED) is 0.222. The summed E-state index contributed by atoms with van der Waals surface area (Å²) in [5.41, 5.74) is 0.169. The molecule has 1 aromatic heterocycles. The van der Waals surface area contributed by atoms with Gasteiger partial charge in [-0.1, -0.05) is 36.4 Å². The maximum absolute atomic E-state index is 14.2. The van der Waals surface area contributed by atoms with Gasteiger partial charge in [0.05, 0.1) is 50.4 Å². The number of carboxylic acid groups (broad SMARTS) is 1. The van der Waals surface area contributed by atoms with Gasteiger partial charge < -0.3 is 14.6 Å². The van der Waals surface area contributed by atoms with Gasteiger partial charge in [-0.05, 0) is 53.6 Å². The molecule has 0 aliphatic carbocycles. The molecule has 1 N–H and O–H groups in total. The van der Waals surface area contributed by atoms with Crippen molar-refractivity contribution in [2.24, 2.45) is 0 Å². The van der Waals surface area contributed by atoms with E-state index in [4.69, 9.17) is 9.47 Å². The normalized spacial score (nSPS) is 13.0. The van der Waals surface area contributed by atoms with Gasteiger partial charge in [-0.25, -0.2) is 14.5 Å². The number of ether oxygens (including phenoxy) is 2. The lowest BCUT2D eigenvalue weighted by molar-refractivity contribution is -0.143. The lowest BCUT2D eigenvalue weighted by Crippen LogP contribution is -2.48. The van der Waals surface area contributed by atoms with Gasteiger partial charge in [0.2, 0.25) is 0 Å². The lowest BCUT2D eigenvalue weighted by Gasteiger charge is -2.41. The zero-order chi connectivity index (χ0) is 31.2. The molecule has 0 unspecified atom stereocenters. The van der Waals surface area contributed by atoms with Gasteiger partial charge in [0, 0.05) is 10.8 Å². The summed E-state index contributed by atoms with van der Waals surface area (Å²) in [6.45, 7) is 0.462. The first kappa shape index (κ1) is 28.6. The fraction of sp³-hybridized carbons (Fsp3) is 0.156. The highest BCUT2D eigenvalue weighted by Gasteiger charge is 2.41. The van der Waals surface area contributed by atoms with Gasteiger partial charge in [0.25, 0.3) is 5.91 Å². The van der Waals surface area contributed by atoms with Crippen LogP contribution in [-0.2, 0) is 19.3 Å². The largest absolute Gasteiger partial charge is 0.497 e. The van der Waals surface area contributed by atoms with Crippen LogP contribution in [0.5, 0.6) is 11.5 Å². The summed E-state index contributed by atoms with van der Waals surface area (Å²) in [6.07, 6.45) is -4.33. The Morgan fingerprint density at radius 3 is 1.93 bits per heavy atom. The zero-order valence-electron chi connectivity index (χ0n) is 23.5. The van der Waals surface area contributed by atoms with Gasteiger partial charge in [-0.3, -0.25) is 9.80 Å². The summed E-state index contributed by atoms with van der Waals surface area (Å²) in [7, 11) is 3.13. The van der Waals surface area contributed by atoms with Gasteiger partial charge in [0.1, 0.15) is 17.1 Å². The molecule has 1 aliphatic heterocycles. The van der Waals surface area contributed by atoms with Crippen molar-refractivity contribution in [3.05, 3.63) is 113 Å². The van der Waals surface area contributed by atoms with E-state index in [1.807, 2.05) is 24.3 Å². The molecular weight excluding hydrogens is 577 g/mol. The predicted octanol–water partition coefficient (Wildman–Crippen LogP) is 6.34. The van der Waals surface area contributed by atoms with E-state index >= 15 is 0 Å². The van der Waals surface area contributed by atoms with Gasteiger partial charge >= 0.3 is 12.1 Å². The molecule has 0 fully saturated rings. The van der Waals surface area contributed by atoms with Crippen molar-refractivity contribution in [2.45, 2.75) is 19.3 Å². The second-order valence-corrected chi connectivity index (χ2v) is 10.1. The average molecular weight is 603 g/mol. The van der Waals surface area contributed by atoms with E-state index in [9.17, 15) is 27.9 Å². The van der Waals surface area contributed by atoms with E-state index in [1.54, 1.807) is 72.8 Å². The molecule has 5 aromatic rings. The lowest BCUT2D eigenvalue weighted by atomic mass is 9.97. The standard InChI is InChI=1S/C32H25F3N4O5/c1-43-21-10-6-19(7-11-21)17-37-27-15-14-26(39-29(32(33,34)35)25(16-36-39)31(41)42)23-4-3-5-24(28(23)27)30(40)38(37)18-20-8-12-22(44-2)13-9-20/h3-16H,17-18H2,1-2H3,(H,41,42). The summed E-state index contributed by atoms with van der Waals surface area (Å²) in [5, 5.41) is 17.4. The SMILES string of the molecule is COc1ccc(CN2C(=O)c3cccc4c(-n5ncc(C(=O)O)c5C(F)(F)F)ccc(c34)N2Cc2ccc(OC)cc2)cc1. The van der Waals surface area contributed by atoms with E-state index in [1.165, 1.54) is 6.07 Å². The number of anilines is 1. The first-order valence-corrected chi connectivity index (χ1v) is 13.4. The van der Waals surface area contributed by atoms with Gasteiger partial charge in [0.15, 0.2) is 5.69 Å². The summed E-state index contributed by atoms with van der Waals surface area (Å²) in [5.74, 6) is -0.774. The first-order chi connectivity index (χ1) is 21.1. The Morgan fingerprint density at radius 1 is 0.818 bits per heavy atom. The Balaban J connectivity index is 1.53. The number of nitrogens with zero attached hydrogens (tertiary/aromatic N) is 4. The number of carbonyl (C=O) groups excluding carboxylic acids is 1. The molecule has 0 atom stereocenters. The molecule has 2 heterocycles. The van der Waals surface area contributed by atoms with Crippen molar-refractivity contribution < 1.29 is 37.3 Å². The molecule has 4 aromatic carbocycles. The molecule has 12 heteroatoms. The maximum atomic E-state index is 14.2. The van der Waals surface area contributed by atoms with Crippen LogP contribution in [0, 0.1) is 0 Å². The zero-order valence-corrected chi connectivity index (χ0v) is 23.5. The van der Waals surface area contributed by atoms with Crippen molar-refractivity contribution in [1.29, 1.82) is 0 Å². The van der Waals surface area contributed by atoms with Crippen LogP contribution in [0.3, 0.4) is 0 Å². The molecule has 0 spiro atoms. The van der Waals surface area contributed by atoms with Crippen molar-refractivity contribution in [3.63, 3.8) is 0 Å². The van der Waals surface area contributed by atoms with Crippen molar-refractivity contribution in [2.75, 3.05) is 19.2 Å². The smallest absolute Gasteiger partial charge is 0.434 e. The van der Waals surface area contributed by atoms with Gasteiger partial charge in [-0.15, -0.1) is 0 Å². The molecule has 0 bridgehead atoms. The summed E-state index contributed by atoms with van der Waals surface area (Å²) in [4.78, 5) is 25.8. The Morgan fingerprint density at radius 2 is 1.39 bits per heavy atom. The molecule has 1 amide bonds. The minimum Gasteiger partial charge on any atom is -0.497 e. The van der Waals surface area contributed by atoms with E-state index in [0.29, 0.717) is 38.8 Å². The number of benzene rings is 4. The van der Waals surface area contributed by atoms with Crippen LogP contribution in [0.15, 0.2) is 85.1 Å². The van der Waals surface area contributed by atoms with Crippen LogP contribution in [0.4, 0.5) is 18.9 Å². The molecule has 1 aliphatic rings. The van der Waals surface area contributed by atoms with Crippen molar-refractivity contribution in [3.8, 4) is 17.2 Å². The van der Waals surface area contributed by atoms with E-state index < -0.39 is 23.4 Å². The minimum atomic E-state index is -5.00. The van der Waals surface area contributed by atoms with Crippen LogP contribution < -0.4 is 14.5 Å². The molecule has 0 saturated heterocycles. The van der Waals surface area contributed by atoms with Crippen LogP contribution in [-0.4, -0.2) is 46.0 Å². The highest BCUT2D eigenvalue weighted by atomic mass is 19.4. The Labute approximate surface area is 249 Å². The predicted molar refractivity (Wildman–Crippen MR) is 155 cm³/mol. The van der Waals surface area contributed by atoms with E-state index in [-0.39, 0.29) is 30.2 Å². The number of rotatable bonds is 8.